The molecule has 1 unspecified atom stereocenters. The molecule has 2 rings (SSSR count). The van der Waals surface area contributed by atoms with Crippen LogP contribution < -0.4 is 4.90 Å². The zero-order valence-electron chi connectivity index (χ0n) is 10.8. The van der Waals surface area contributed by atoms with Crippen molar-refractivity contribution in [2.75, 3.05) is 11.9 Å². The number of rotatable bonds is 3. The van der Waals surface area contributed by atoms with Gasteiger partial charge in [-0.1, -0.05) is 18.2 Å². The average Bonchev–Trinajstić information content (AvgIpc) is 2.46. The van der Waals surface area contributed by atoms with Gasteiger partial charge in [-0.05, 0) is 25.1 Å². The molecule has 3 nitrogen and oxygen atoms in total. The predicted octanol–water partition coefficient (Wildman–Crippen LogP) is 3.29. The molecule has 1 aromatic carbocycles. The molecular weight excluding hydrogens is 241 g/mol. The van der Waals surface area contributed by atoms with Crippen LogP contribution in [-0.2, 0) is 0 Å². The summed E-state index contributed by atoms with van der Waals surface area (Å²) >= 11 is 0. The molecule has 0 aliphatic heterocycles. The van der Waals surface area contributed by atoms with Gasteiger partial charge in [-0.3, -0.25) is 0 Å². The highest BCUT2D eigenvalue weighted by atomic mass is 19.1. The zero-order chi connectivity index (χ0) is 13.8. The summed E-state index contributed by atoms with van der Waals surface area (Å²) in [4.78, 5) is 5.94. The normalized spacial score (nSPS) is 11.7. The SMILES string of the molecule is CC(c1ccccc1F)N(C)c1ccc(C#N)nc1. The fourth-order valence-corrected chi connectivity index (χ4v) is 1.91. The summed E-state index contributed by atoms with van der Waals surface area (Å²) in [6.45, 7) is 1.93. The van der Waals surface area contributed by atoms with Crippen LogP contribution >= 0.6 is 0 Å². The van der Waals surface area contributed by atoms with Gasteiger partial charge in [-0.25, -0.2) is 9.37 Å². The molecule has 0 N–H and O–H groups in total. The lowest BCUT2D eigenvalue weighted by Crippen LogP contribution is -2.22. The maximum atomic E-state index is 13.7. The largest absolute Gasteiger partial charge is 0.366 e. The number of pyridine rings is 1. The van der Waals surface area contributed by atoms with Gasteiger partial charge >= 0.3 is 0 Å². The molecule has 0 bridgehead atoms. The molecule has 0 spiro atoms. The Kier molecular flexibility index (Phi) is 3.76. The number of nitrogens with zero attached hydrogens (tertiary/aromatic N) is 3. The van der Waals surface area contributed by atoms with Gasteiger partial charge < -0.3 is 4.90 Å². The highest BCUT2D eigenvalue weighted by Gasteiger charge is 2.15. The highest BCUT2D eigenvalue weighted by molar-refractivity contribution is 5.47. The third-order valence-corrected chi connectivity index (χ3v) is 3.21. The van der Waals surface area contributed by atoms with Crippen LogP contribution in [0.3, 0.4) is 0 Å². The second-order valence-electron chi connectivity index (χ2n) is 4.32. The van der Waals surface area contributed by atoms with E-state index >= 15 is 0 Å². The lowest BCUT2D eigenvalue weighted by Gasteiger charge is -2.27. The van der Waals surface area contributed by atoms with E-state index in [9.17, 15) is 4.39 Å². The van der Waals surface area contributed by atoms with Crippen LogP contribution in [-0.4, -0.2) is 12.0 Å². The molecule has 1 atom stereocenters. The van der Waals surface area contributed by atoms with E-state index in [1.807, 2.05) is 37.1 Å². The van der Waals surface area contributed by atoms with Gasteiger partial charge in [0.05, 0.1) is 17.9 Å². The first kappa shape index (κ1) is 13.0. The average molecular weight is 255 g/mol. The summed E-state index contributed by atoms with van der Waals surface area (Å²) in [7, 11) is 1.88. The lowest BCUT2D eigenvalue weighted by molar-refractivity contribution is 0.585. The summed E-state index contributed by atoms with van der Waals surface area (Å²) < 4.78 is 13.7. The number of halogens is 1. The number of anilines is 1. The van der Waals surface area contributed by atoms with Crippen LogP contribution in [0.25, 0.3) is 0 Å². The van der Waals surface area contributed by atoms with Crippen LogP contribution in [0.2, 0.25) is 0 Å². The van der Waals surface area contributed by atoms with E-state index in [0.29, 0.717) is 11.3 Å². The Labute approximate surface area is 111 Å². The topological polar surface area (TPSA) is 39.9 Å². The Morgan fingerprint density at radius 1 is 1.26 bits per heavy atom. The monoisotopic (exact) mass is 255 g/mol. The van der Waals surface area contributed by atoms with Crippen molar-refractivity contribution in [1.29, 1.82) is 5.26 Å². The van der Waals surface area contributed by atoms with Gasteiger partial charge in [0.25, 0.3) is 0 Å². The highest BCUT2D eigenvalue weighted by Crippen LogP contribution is 2.26. The van der Waals surface area contributed by atoms with Gasteiger partial charge in [-0.15, -0.1) is 0 Å². The molecule has 0 amide bonds. The number of benzene rings is 1. The molecule has 0 saturated carbocycles. The fourth-order valence-electron chi connectivity index (χ4n) is 1.91. The third kappa shape index (κ3) is 2.71. The molecular formula is C15H14FN3. The Bertz CT molecular complexity index is 602. The maximum Gasteiger partial charge on any atom is 0.140 e. The van der Waals surface area contributed by atoms with Crippen LogP contribution in [0.5, 0.6) is 0 Å². The van der Waals surface area contributed by atoms with Gasteiger partial charge in [0.2, 0.25) is 0 Å². The summed E-state index contributed by atoms with van der Waals surface area (Å²) in [5, 5.41) is 8.71. The molecule has 0 fully saturated rings. The standard InChI is InChI=1S/C15H14FN3/c1-11(14-5-3-4-6-15(14)16)19(2)13-8-7-12(9-17)18-10-13/h3-8,10-11H,1-2H3. The van der Waals surface area contributed by atoms with Crippen molar-refractivity contribution in [2.24, 2.45) is 0 Å². The summed E-state index contributed by atoms with van der Waals surface area (Å²) in [6.07, 6.45) is 1.62. The first-order valence-corrected chi connectivity index (χ1v) is 5.97. The van der Waals surface area contributed by atoms with Gasteiger partial charge in [0.15, 0.2) is 0 Å². The minimum atomic E-state index is -0.219. The maximum absolute atomic E-state index is 13.7. The molecule has 1 heterocycles. The van der Waals surface area contributed by atoms with Crippen LogP contribution in [0.15, 0.2) is 42.6 Å². The Morgan fingerprint density at radius 2 is 2.00 bits per heavy atom. The molecule has 19 heavy (non-hydrogen) atoms. The van der Waals surface area contributed by atoms with E-state index in [2.05, 4.69) is 4.98 Å². The molecule has 0 saturated heterocycles. The van der Waals surface area contributed by atoms with Crippen molar-refractivity contribution in [3.63, 3.8) is 0 Å². The van der Waals surface area contributed by atoms with Crippen LogP contribution in [0, 0.1) is 17.1 Å². The zero-order valence-corrected chi connectivity index (χ0v) is 10.8. The number of nitriles is 1. The van der Waals surface area contributed by atoms with Gasteiger partial charge in [-0.2, -0.15) is 5.26 Å². The Balaban J connectivity index is 2.26. The third-order valence-electron chi connectivity index (χ3n) is 3.21. The fraction of sp³-hybridized carbons (Fsp3) is 0.200. The Morgan fingerprint density at radius 3 is 2.58 bits per heavy atom. The van der Waals surface area contributed by atoms with Crippen molar-refractivity contribution in [1.82, 2.24) is 4.98 Å². The minimum absolute atomic E-state index is 0.115. The van der Waals surface area contributed by atoms with Gasteiger partial charge in [0, 0.05) is 12.6 Å². The molecule has 0 aliphatic carbocycles. The number of aromatic nitrogens is 1. The van der Waals surface area contributed by atoms with Crippen molar-refractivity contribution in [3.8, 4) is 6.07 Å². The molecule has 0 radical (unpaired) electrons. The first-order valence-electron chi connectivity index (χ1n) is 5.97. The molecule has 4 heteroatoms. The number of hydrogen-bond donors (Lipinski definition) is 0. The molecule has 0 aliphatic rings. The summed E-state index contributed by atoms with van der Waals surface area (Å²) in [6, 6.07) is 12.0. The van der Waals surface area contributed by atoms with Crippen LogP contribution in [0.1, 0.15) is 24.2 Å². The minimum Gasteiger partial charge on any atom is -0.366 e. The van der Waals surface area contributed by atoms with E-state index in [4.69, 9.17) is 5.26 Å². The first-order chi connectivity index (χ1) is 9.13. The van der Waals surface area contributed by atoms with Crippen molar-refractivity contribution in [2.45, 2.75) is 13.0 Å². The van der Waals surface area contributed by atoms with E-state index < -0.39 is 0 Å². The second kappa shape index (κ2) is 5.49. The predicted molar refractivity (Wildman–Crippen MR) is 72.2 cm³/mol. The summed E-state index contributed by atoms with van der Waals surface area (Å²) in [5.41, 5.74) is 1.85. The van der Waals surface area contributed by atoms with E-state index in [0.717, 1.165) is 5.69 Å². The van der Waals surface area contributed by atoms with E-state index in [1.165, 1.54) is 6.07 Å². The molecule has 1 aromatic heterocycles. The van der Waals surface area contributed by atoms with E-state index in [1.54, 1.807) is 24.4 Å². The van der Waals surface area contributed by atoms with Crippen molar-refractivity contribution in [3.05, 3.63) is 59.7 Å². The quantitative estimate of drug-likeness (QED) is 0.845. The van der Waals surface area contributed by atoms with Crippen LogP contribution in [0.4, 0.5) is 10.1 Å². The summed E-state index contributed by atoms with van der Waals surface area (Å²) in [5.74, 6) is -0.219. The smallest absolute Gasteiger partial charge is 0.140 e. The van der Waals surface area contributed by atoms with Gasteiger partial charge in [0.1, 0.15) is 17.6 Å². The molecule has 96 valence electrons. The van der Waals surface area contributed by atoms with Crippen molar-refractivity contribution < 1.29 is 4.39 Å². The Hall–Kier alpha value is -2.41. The second-order valence-corrected chi connectivity index (χ2v) is 4.32. The lowest BCUT2D eigenvalue weighted by atomic mass is 10.1. The molecule has 2 aromatic rings. The number of hydrogen-bond acceptors (Lipinski definition) is 3. The van der Waals surface area contributed by atoms with Crippen molar-refractivity contribution >= 4 is 5.69 Å². The van der Waals surface area contributed by atoms with E-state index in [-0.39, 0.29) is 11.9 Å².